The zero-order valence-electron chi connectivity index (χ0n) is 20.2. The van der Waals surface area contributed by atoms with E-state index in [0.717, 1.165) is 10.4 Å². The fourth-order valence-electron chi connectivity index (χ4n) is 4.87. The van der Waals surface area contributed by atoms with Crippen LogP contribution >= 0.6 is 11.8 Å². The van der Waals surface area contributed by atoms with Gasteiger partial charge < -0.3 is 10.2 Å². The molecule has 2 aromatic heterocycles. The molecule has 2 aromatic carbocycles. The Balaban J connectivity index is 1.46. The molecule has 0 spiro atoms. The minimum Gasteiger partial charge on any atom is -0.406 e. The second-order valence-electron chi connectivity index (χ2n) is 9.75. The average Bonchev–Trinajstić information content (AvgIpc) is 3.43. The quantitative estimate of drug-likeness (QED) is 0.294. The largest absolute Gasteiger partial charge is 0.406 e. The highest BCUT2D eigenvalue weighted by Crippen LogP contribution is 2.44. The summed E-state index contributed by atoms with van der Waals surface area (Å²) in [5.74, 6) is -0.428. The monoisotopic (exact) mass is 523 g/mol. The van der Waals surface area contributed by atoms with E-state index in [4.69, 9.17) is 10.2 Å². The first-order chi connectivity index (χ1) is 17.2. The van der Waals surface area contributed by atoms with Gasteiger partial charge in [0.25, 0.3) is 8.32 Å². The highest BCUT2D eigenvalue weighted by molar-refractivity contribution is 8.00. The van der Waals surface area contributed by atoms with Crippen molar-refractivity contribution in [2.24, 2.45) is 0 Å². The van der Waals surface area contributed by atoms with Gasteiger partial charge in [-0.2, -0.15) is 14.4 Å². The highest BCUT2D eigenvalue weighted by Gasteiger charge is 2.50. The SMILES string of the molecule is CC(C)(C)[Si](OC[C@H]1C=C(F)[C@H](n2cnc3c(N)nc(F)nc32)S1)(c1ccccc1)c1ccccc1. The number of nitrogens with two attached hydrogens (primary N) is 1. The lowest BCUT2D eigenvalue weighted by atomic mass is 10.2. The van der Waals surface area contributed by atoms with Crippen LogP contribution < -0.4 is 16.1 Å². The van der Waals surface area contributed by atoms with E-state index in [2.05, 4.69) is 60.0 Å². The molecule has 0 saturated carbocycles. The van der Waals surface area contributed by atoms with Crippen LogP contribution in [-0.4, -0.2) is 39.7 Å². The maximum Gasteiger partial charge on any atom is 0.312 e. The molecule has 0 amide bonds. The minimum absolute atomic E-state index is 0.0739. The van der Waals surface area contributed by atoms with Crippen LogP contribution in [0.5, 0.6) is 0 Å². The standard InChI is InChI=1S/C26H27F2N5OSSi/c1-26(2,3)36(18-10-6-4-7-11-18,19-12-8-5-9-13-19)34-15-17-14-20(27)24(35-17)33-16-30-21-22(29)31-25(28)32-23(21)33/h4-14,16-17,24H,15H2,1-3H3,(H2,29,31,32)/t17-,24-/m1/s1. The van der Waals surface area contributed by atoms with E-state index in [1.54, 1.807) is 6.08 Å². The molecule has 0 bridgehead atoms. The topological polar surface area (TPSA) is 78.9 Å². The van der Waals surface area contributed by atoms with Gasteiger partial charge in [-0.15, -0.1) is 11.8 Å². The number of rotatable bonds is 6. The van der Waals surface area contributed by atoms with E-state index in [-0.39, 0.29) is 33.1 Å². The molecule has 0 radical (unpaired) electrons. The summed E-state index contributed by atoms with van der Waals surface area (Å²) in [6.07, 6.45) is 2.02. The predicted octanol–water partition coefficient (Wildman–Crippen LogP) is 4.59. The zero-order chi connectivity index (χ0) is 25.5. The molecule has 4 aromatic rings. The van der Waals surface area contributed by atoms with Gasteiger partial charge in [-0.3, -0.25) is 4.57 Å². The molecule has 36 heavy (non-hydrogen) atoms. The molecule has 0 fully saturated rings. The van der Waals surface area contributed by atoms with Gasteiger partial charge in [-0.05, 0) is 21.5 Å². The number of hydrogen-bond donors (Lipinski definition) is 1. The third-order valence-electron chi connectivity index (χ3n) is 6.44. The Kier molecular flexibility index (Phi) is 6.44. The van der Waals surface area contributed by atoms with Crippen molar-refractivity contribution in [1.82, 2.24) is 19.5 Å². The number of fused-ring (bicyclic) bond motifs is 1. The summed E-state index contributed by atoms with van der Waals surface area (Å²) in [5, 5.41) is 1.15. The first kappa shape index (κ1) is 24.6. The van der Waals surface area contributed by atoms with Gasteiger partial charge in [0.05, 0.1) is 18.2 Å². The molecule has 0 saturated heterocycles. The van der Waals surface area contributed by atoms with E-state index < -0.39 is 19.8 Å². The van der Waals surface area contributed by atoms with Crippen molar-refractivity contribution in [3.05, 3.63) is 85.0 Å². The van der Waals surface area contributed by atoms with Crippen molar-refractivity contribution < 1.29 is 13.2 Å². The molecule has 1 aliphatic rings. The maximum atomic E-state index is 15.2. The van der Waals surface area contributed by atoms with Crippen molar-refractivity contribution in [3.63, 3.8) is 0 Å². The van der Waals surface area contributed by atoms with Gasteiger partial charge in [-0.25, -0.2) is 9.37 Å². The molecule has 5 rings (SSSR count). The molecule has 2 atom stereocenters. The van der Waals surface area contributed by atoms with Crippen LogP contribution in [0.15, 0.2) is 78.9 Å². The molecule has 6 nitrogen and oxygen atoms in total. The third kappa shape index (κ3) is 4.23. The molecule has 1 aliphatic heterocycles. The summed E-state index contributed by atoms with van der Waals surface area (Å²) in [6.45, 7) is 6.93. The van der Waals surface area contributed by atoms with Crippen LogP contribution in [0.2, 0.25) is 5.04 Å². The normalized spacial score (nSPS) is 18.5. The van der Waals surface area contributed by atoms with Gasteiger partial charge in [-0.1, -0.05) is 81.4 Å². The fourth-order valence-corrected chi connectivity index (χ4v) is 10.8. The lowest BCUT2D eigenvalue weighted by Gasteiger charge is -2.43. The Hall–Kier alpha value is -3.08. The van der Waals surface area contributed by atoms with Crippen LogP contribution in [0.1, 0.15) is 26.1 Å². The molecular formula is C26H27F2N5OSSi. The Labute approximate surface area is 213 Å². The Morgan fingerprint density at radius 1 is 1.00 bits per heavy atom. The van der Waals surface area contributed by atoms with Gasteiger partial charge >= 0.3 is 6.08 Å². The second-order valence-corrected chi connectivity index (χ2v) is 15.4. The van der Waals surface area contributed by atoms with Crippen LogP contribution in [0.3, 0.4) is 0 Å². The molecule has 0 unspecified atom stereocenters. The Morgan fingerprint density at radius 2 is 1.61 bits per heavy atom. The lowest BCUT2D eigenvalue weighted by molar-refractivity contribution is 0.308. The summed E-state index contributed by atoms with van der Waals surface area (Å²) in [5.41, 5.74) is 6.19. The molecular weight excluding hydrogens is 496 g/mol. The summed E-state index contributed by atoms with van der Waals surface area (Å²) >= 11 is 1.37. The minimum atomic E-state index is -2.76. The van der Waals surface area contributed by atoms with Crippen molar-refractivity contribution in [2.45, 2.75) is 36.4 Å². The number of anilines is 1. The van der Waals surface area contributed by atoms with Crippen molar-refractivity contribution in [1.29, 1.82) is 0 Å². The second kappa shape index (κ2) is 9.42. The lowest BCUT2D eigenvalue weighted by Crippen LogP contribution is -2.67. The number of aromatic nitrogens is 4. The molecule has 10 heteroatoms. The number of imidazole rings is 1. The summed E-state index contributed by atoms with van der Waals surface area (Å²) in [6, 6.07) is 20.6. The van der Waals surface area contributed by atoms with E-state index in [1.165, 1.54) is 22.7 Å². The maximum absolute atomic E-state index is 15.2. The molecule has 186 valence electrons. The average molecular weight is 524 g/mol. The summed E-state index contributed by atoms with van der Waals surface area (Å²) in [4.78, 5) is 11.5. The molecule has 2 N–H and O–H groups in total. The number of halogens is 2. The summed E-state index contributed by atoms with van der Waals surface area (Å²) in [7, 11) is -2.76. The van der Waals surface area contributed by atoms with Gasteiger partial charge in [0.2, 0.25) is 0 Å². The van der Waals surface area contributed by atoms with E-state index >= 15 is 4.39 Å². The molecule has 0 aliphatic carbocycles. The van der Waals surface area contributed by atoms with Gasteiger partial charge in [0, 0.05) is 0 Å². The molecule has 3 heterocycles. The first-order valence-electron chi connectivity index (χ1n) is 11.6. The van der Waals surface area contributed by atoms with Crippen molar-refractivity contribution in [3.8, 4) is 0 Å². The van der Waals surface area contributed by atoms with Crippen LogP contribution in [-0.2, 0) is 4.43 Å². The van der Waals surface area contributed by atoms with E-state index in [1.807, 2.05) is 36.4 Å². The van der Waals surface area contributed by atoms with Crippen LogP contribution in [0, 0.1) is 6.08 Å². The number of thioether (sulfide) groups is 1. The zero-order valence-corrected chi connectivity index (χ0v) is 22.0. The summed E-state index contributed by atoms with van der Waals surface area (Å²) < 4.78 is 37.5. The van der Waals surface area contributed by atoms with E-state index in [0.29, 0.717) is 6.61 Å². The van der Waals surface area contributed by atoms with Crippen LogP contribution in [0.25, 0.3) is 11.2 Å². The van der Waals surface area contributed by atoms with E-state index in [9.17, 15) is 4.39 Å². The Morgan fingerprint density at radius 3 is 2.19 bits per heavy atom. The number of nitrogen functional groups attached to an aromatic ring is 1. The highest BCUT2D eigenvalue weighted by atomic mass is 32.2. The van der Waals surface area contributed by atoms with Crippen molar-refractivity contribution >= 4 is 47.4 Å². The Bertz CT molecular complexity index is 1370. The number of benzene rings is 2. The van der Waals surface area contributed by atoms with Gasteiger partial charge in [0.15, 0.2) is 11.5 Å². The number of hydrogen-bond acceptors (Lipinski definition) is 6. The van der Waals surface area contributed by atoms with Crippen LogP contribution in [0.4, 0.5) is 14.6 Å². The first-order valence-corrected chi connectivity index (χ1v) is 14.5. The fraction of sp³-hybridized carbons (Fsp3) is 0.269. The third-order valence-corrected chi connectivity index (χ3v) is 12.8. The number of nitrogens with zero attached hydrogens (tertiary/aromatic N) is 4. The van der Waals surface area contributed by atoms with Crippen molar-refractivity contribution in [2.75, 3.05) is 12.3 Å². The predicted molar refractivity (Wildman–Crippen MR) is 143 cm³/mol. The van der Waals surface area contributed by atoms with Gasteiger partial charge in [0.1, 0.15) is 16.7 Å². The smallest absolute Gasteiger partial charge is 0.312 e.